The SMILES string of the molecule is [N-]=[N+]=C(C(=O)O)C(=CC(=O)O)C(=O)O. The molecule has 0 aromatic carbocycles. The van der Waals surface area contributed by atoms with Gasteiger partial charge >= 0.3 is 23.6 Å². The maximum atomic E-state index is 10.4. The van der Waals surface area contributed by atoms with Crippen LogP contribution in [0.15, 0.2) is 11.6 Å². The van der Waals surface area contributed by atoms with Crippen LogP contribution in [-0.2, 0) is 14.4 Å². The van der Waals surface area contributed by atoms with Crippen molar-refractivity contribution in [3.63, 3.8) is 0 Å². The van der Waals surface area contributed by atoms with Crippen molar-refractivity contribution in [2.45, 2.75) is 0 Å². The van der Waals surface area contributed by atoms with E-state index in [1.807, 2.05) is 0 Å². The van der Waals surface area contributed by atoms with Gasteiger partial charge in [-0.1, -0.05) is 0 Å². The van der Waals surface area contributed by atoms with Crippen LogP contribution in [0.5, 0.6) is 0 Å². The van der Waals surface area contributed by atoms with Crippen LogP contribution in [0.2, 0.25) is 0 Å². The van der Waals surface area contributed by atoms with Crippen LogP contribution in [0.1, 0.15) is 0 Å². The van der Waals surface area contributed by atoms with Gasteiger partial charge in [-0.05, 0) is 0 Å². The highest BCUT2D eigenvalue weighted by molar-refractivity contribution is 6.46. The summed E-state index contributed by atoms with van der Waals surface area (Å²) in [6.45, 7) is 0. The molecule has 0 saturated carbocycles. The average molecular weight is 200 g/mol. The molecule has 0 aliphatic heterocycles. The highest BCUT2D eigenvalue weighted by Crippen LogP contribution is 1.97. The molecule has 0 saturated heterocycles. The summed E-state index contributed by atoms with van der Waals surface area (Å²) >= 11 is 0. The Morgan fingerprint density at radius 3 is 1.79 bits per heavy atom. The molecule has 0 bridgehead atoms. The van der Waals surface area contributed by atoms with Gasteiger partial charge in [-0.25, -0.2) is 14.4 Å². The van der Waals surface area contributed by atoms with Crippen LogP contribution in [0.4, 0.5) is 0 Å². The Hall–Kier alpha value is -2.47. The number of rotatable bonds is 4. The van der Waals surface area contributed by atoms with Gasteiger partial charge in [-0.15, -0.1) is 0 Å². The van der Waals surface area contributed by atoms with Crippen molar-refractivity contribution in [2.24, 2.45) is 0 Å². The zero-order chi connectivity index (χ0) is 11.3. The molecule has 14 heavy (non-hydrogen) atoms. The van der Waals surface area contributed by atoms with Gasteiger partial charge in [0.25, 0.3) is 0 Å². The minimum atomic E-state index is -1.84. The van der Waals surface area contributed by atoms with E-state index in [-0.39, 0.29) is 6.08 Å². The fourth-order valence-electron chi connectivity index (χ4n) is 0.567. The van der Waals surface area contributed by atoms with Gasteiger partial charge in [0, 0.05) is 6.08 Å². The second-order valence-corrected chi connectivity index (χ2v) is 1.96. The Labute approximate surface area is 76.3 Å². The first-order valence-electron chi connectivity index (χ1n) is 3.03. The standard InChI is InChI=1S/C6H4N2O6/c7-8-4(6(13)14)2(5(11)12)1-3(9)10/h1H,(H,9,10)(H,11,12)(H,13,14). The number of carboxylic acids is 3. The summed E-state index contributed by atoms with van der Waals surface area (Å²) in [5, 5.41) is 24.9. The maximum Gasteiger partial charge on any atom is 0.420 e. The highest BCUT2D eigenvalue weighted by atomic mass is 16.4. The van der Waals surface area contributed by atoms with Crippen molar-refractivity contribution >= 4 is 23.6 Å². The first-order chi connectivity index (χ1) is 6.40. The molecular formula is C6H4N2O6. The lowest BCUT2D eigenvalue weighted by Crippen LogP contribution is -2.23. The topological polar surface area (TPSA) is 148 Å². The highest BCUT2D eigenvalue weighted by Gasteiger charge is 2.31. The molecule has 0 amide bonds. The summed E-state index contributed by atoms with van der Waals surface area (Å²) in [7, 11) is 0. The fraction of sp³-hybridized carbons (Fsp3) is 0. The second kappa shape index (κ2) is 4.53. The molecule has 0 rings (SSSR count). The molecule has 0 radical (unpaired) electrons. The average Bonchev–Trinajstić information content (AvgIpc) is 2.02. The quantitative estimate of drug-likeness (QED) is 0.225. The second-order valence-electron chi connectivity index (χ2n) is 1.96. The minimum absolute atomic E-state index is 0.117. The molecule has 0 atom stereocenters. The molecule has 0 spiro atoms. The first-order valence-corrected chi connectivity index (χ1v) is 3.03. The van der Waals surface area contributed by atoms with Crippen LogP contribution < -0.4 is 0 Å². The monoisotopic (exact) mass is 200 g/mol. The van der Waals surface area contributed by atoms with E-state index in [0.29, 0.717) is 0 Å². The van der Waals surface area contributed by atoms with Gasteiger partial charge in [0.15, 0.2) is 5.57 Å². The molecule has 8 heteroatoms. The lowest BCUT2D eigenvalue weighted by molar-refractivity contribution is -0.137. The summed E-state index contributed by atoms with van der Waals surface area (Å²) in [4.78, 5) is 32.9. The summed E-state index contributed by atoms with van der Waals surface area (Å²) in [6, 6.07) is 0. The van der Waals surface area contributed by atoms with Gasteiger partial charge in [-0.2, -0.15) is 4.79 Å². The smallest absolute Gasteiger partial charge is 0.420 e. The van der Waals surface area contributed by atoms with E-state index in [2.05, 4.69) is 4.79 Å². The van der Waals surface area contributed by atoms with Crippen molar-refractivity contribution < 1.29 is 34.5 Å². The fourth-order valence-corrected chi connectivity index (χ4v) is 0.567. The molecular weight excluding hydrogens is 196 g/mol. The Bertz CT molecular complexity index is 376. The molecule has 8 nitrogen and oxygen atoms in total. The first kappa shape index (κ1) is 11.5. The van der Waals surface area contributed by atoms with Gasteiger partial charge in [0.2, 0.25) is 0 Å². The number of hydrogen-bond donors (Lipinski definition) is 3. The van der Waals surface area contributed by atoms with E-state index in [9.17, 15) is 14.4 Å². The summed E-state index contributed by atoms with van der Waals surface area (Å²) in [5.41, 5.74) is 5.77. The largest absolute Gasteiger partial charge is 0.478 e. The molecule has 0 fully saturated rings. The van der Waals surface area contributed by atoms with Crippen molar-refractivity contribution in [3.8, 4) is 0 Å². The summed E-state index contributed by atoms with van der Waals surface area (Å²) < 4.78 is 0. The molecule has 0 aliphatic rings. The zero-order valence-corrected chi connectivity index (χ0v) is 6.54. The van der Waals surface area contributed by atoms with E-state index in [0.717, 1.165) is 0 Å². The van der Waals surface area contributed by atoms with E-state index in [1.54, 1.807) is 0 Å². The van der Waals surface area contributed by atoms with Crippen LogP contribution >= 0.6 is 0 Å². The third-order valence-electron chi connectivity index (χ3n) is 1.06. The predicted molar refractivity (Wildman–Crippen MR) is 39.6 cm³/mol. The molecule has 74 valence electrons. The molecule has 0 aromatic heterocycles. The van der Waals surface area contributed by atoms with E-state index >= 15 is 0 Å². The summed E-state index contributed by atoms with van der Waals surface area (Å²) in [5.74, 6) is -5.32. The summed E-state index contributed by atoms with van der Waals surface area (Å²) in [6.07, 6.45) is 0.117. The Morgan fingerprint density at radius 1 is 1.07 bits per heavy atom. The predicted octanol–water partition coefficient (Wildman–Crippen LogP) is -1.16. The lowest BCUT2D eigenvalue weighted by Gasteiger charge is -1.90. The lowest BCUT2D eigenvalue weighted by atomic mass is 10.1. The number of hydrogen-bond acceptors (Lipinski definition) is 3. The van der Waals surface area contributed by atoms with Gasteiger partial charge in [0.1, 0.15) is 0 Å². The molecule has 0 aliphatic carbocycles. The van der Waals surface area contributed by atoms with Crippen LogP contribution in [-0.4, -0.2) is 43.7 Å². The number of carboxylic acid groups (broad SMARTS) is 3. The van der Waals surface area contributed by atoms with Crippen LogP contribution in [0.25, 0.3) is 5.53 Å². The van der Waals surface area contributed by atoms with Gasteiger partial charge < -0.3 is 20.9 Å². The Morgan fingerprint density at radius 2 is 1.57 bits per heavy atom. The maximum absolute atomic E-state index is 10.4. The van der Waals surface area contributed by atoms with E-state index in [4.69, 9.17) is 20.9 Å². The van der Waals surface area contributed by atoms with Gasteiger partial charge in [0.05, 0.1) is 0 Å². The number of nitrogens with zero attached hydrogens (tertiary/aromatic N) is 2. The Balaban J connectivity index is 5.44. The van der Waals surface area contributed by atoms with Crippen molar-refractivity contribution in [1.29, 1.82) is 0 Å². The molecule has 0 heterocycles. The van der Waals surface area contributed by atoms with E-state index < -0.39 is 29.2 Å². The zero-order valence-electron chi connectivity index (χ0n) is 6.54. The third kappa shape index (κ3) is 2.88. The normalized spacial score (nSPS) is 10.1. The molecule has 0 aromatic rings. The van der Waals surface area contributed by atoms with Crippen LogP contribution in [0, 0.1) is 0 Å². The molecule has 3 N–H and O–H groups in total. The van der Waals surface area contributed by atoms with Crippen molar-refractivity contribution in [1.82, 2.24) is 0 Å². The minimum Gasteiger partial charge on any atom is -0.478 e. The number of carbonyl (C=O) groups is 3. The number of aliphatic carboxylic acids is 3. The van der Waals surface area contributed by atoms with E-state index in [1.165, 1.54) is 0 Å². The molecule has 0 unspecified atom stereocenters. The van der Waals surface area contributed by atoms with Gasteiger partial charge in [-0.3, -0.25) is 0 Å². The van der Waals surface area contributed by atoms with Crippen molar-refractivity contribution in [2.75, 3.05) is 0 Å². The Kier molecular flexibility index (Phi) is 3.73. The van der Waals surface area contributed by atoms with Crippen molar-refractivity contribution in [3.05, 3.63) is 17.2 Å². The third-order valence-corrected chi connectivity index (χ3v) is 1.06. The van der Waals surface area contributed by atoms with Crippen LogP contribution in [0.3, 0.4) is 0 Å².